The van der Waals surface area contributed by atoms with Crippen LogP contribution in [-0.2, 0) is 6.42 Å². The molecule has 2 aromatic heterocycles. The van der Waals surface area contributed by atoms with E-state index in [9.17, 15) is 0 Å². The van der Waals surface area contributed by atoms with Crippen LogP contribution in [0.2, 0.25) is 0 Å². The molecule has 3 N–H and O–H groups in total. The molecule has 42 heavy (non-hydrogen) atoms. The first-order valence-electron chi connectivity index (χ1n) is 15.7. The standard InChI is InChI=1S/C33H39N5.C2H6.CH5N/c1-8-10-26-21(4)29-17-31-20(3)14-25-15-24-13-19(2)28(35-24)16-32-22(5)27(11-9-12-34-7)33(18-30(26)36-29)38(32)23(6)37(25)31;2*1-2/h13-18,23,34H,8-12H2,1-7H3;1-2H3;2H2,1H3. The van der Waals surface area contributed by atoms with Crippen molar-refractivity contribution in [3.63, 3.8) is 0 Å². The minimum Gasteiger partial charge on any atom is -0.333 e. The summed E-state index contributed by atoms with van der Waals surface area (Å²) in [5.41, 5.74) is 19.3. The second kappa shape index (κ2) is 13.2. The molecular formula is C36H50N6. The number of hydrogen-bond acceptors (Lipinski definition) is 4. The lowest BCUT2D eigenvalue weighted by Gasteiger charge is -2.24. The van der Waals surface area contributed by atoms with E-state index in [1.54, 1.807) is 0 Å². The summed E-state index contributed by atoms with van der Waals surface area (Å²) in [6.07, 6.45) is 15.8. The highest BCUT2D eigenvalue weighted by Crippen LogP contribution is 2.37. The summed E-state index contributed by atoms with van der Waals surface area (Å²) in [5.74, 6) is 0. The summed E-state index contributed by atoms with van der Waals surface area (Å²) in [4.78, 5) is 10.3. The van der Waals surface area contributed by atoms with E-state index >= 15 is 0 Å². The number of nitrogens with zero attached hydrogens (tertiary/aromatic N) is 4. The lowest BCUT2D eigenvalue weighted by Crippen LogP contribution is -2.35. The predicted octanol–water partition coefficient (Wildman–Crippen LogP) is 5.97. The predicted molar refractivity (Wildman–Crippen MR) is 183 cm³/mol. The molecule has 0 saturated carbocycles. The van der Waals surface area contributed by atoms with Gasteiger partial charge in [0.2, 0.25) is 0 Å². The fourth-order valence-corrected chi connectivity index (χ4v) is 6.59. The molecule has 0 radical (unpaired) electrons. The van der Waals surface area contributed by atoms with Gasteiger partial charge in [-0.05, 0) is 144 Å². The number of nitrogens with two attached hydrogens (primary N) is 1. The summed E-state index contributed by atoms with van der Waals surface area (Å²) in [5, 5.41) is 5.75. The molecule has 6 bridgehead atoms. The average Bonchev–Trinajstić information content (AvgIpc) is 3.66. The minimum absolute atomic E-state index is 0.0862. The van der Waals surface area contributed by atoms with Gasteiger partial charge in [0.25, 0.3) is 0 Å². The van der Waals surface area contributed by atoms with Crippen LogP contribution in [0, 0.1) is 13.8 Å². The second-order valence-electron chi connectivity index (χ2n) is 11.2. The molecule has 0 aliphatic carbocycles. The van der Waals surface area contributed by atoms with Crippen molar-refractivity contribution >= 4 is 35.7 Å². The van der Waals surface area contributed by atoms with E-state index in [0.717, 1.165) is 55.0 Å². The first-order valence-corrected chi connectivity index (χ1v) is 15.7. The second-order valence-corrected chi connectivity index (χ2v) is 11.2. The highest BCUT2D eigenvalue weighted by atomic mass is 15.2. The van der Waals surface area contributed by atoms with E-state index in [1.807, 2.05) is 20.9 Å². The number of allylic oxidation sites excluding steroid dienone is 4. The maximum absolute atomic E-state index is 5.27. The molecule has 6 nitrogen and oxygen atoms in total. The molecule has 0 spiro atoms. The normalized spacial score (nSPS) is 17.8. The zero-order valence-electron chi connectivity index (χ0n) is 27.4. The molecule has 4 aliphatic heterocycles. The molecule has 0 aromatic carbocycles. The third-order valence-electron chi connectivity index (χ3n) is 8.59. The summed E-state index contributed by atoms with van der Waals surface area (Å²) < 4.78 is 5.05. The number of aryl methyl sites for hydroxylation is 1. The first kappa shape index (κ1) is 31.5. The Kier molecular flexibility index (Phi) is 9.90. The number of rotatable bonds is 6. The fraction of sp³-hybridized carbons (Fsp3) is 0.444. The van der Waals surface area contributed by atoms with E-state index in [2.05, 4.69) is 98.2 Å². The first-order chi connectivity index (χ1) is 20.3. The van der Waals surface area contributed by atoms with Crippen LogP contribution in [0.15, 0.2) is 50.2 Å². The van der Waals surface area contributed by atoms with Gasteiger partial charge in [0.1, 0.15) is 6.17 Å². The maximum atomic E-state index is 5.27. The van der Waals surface area contributed by atoms with Crippen molar-refractivity contribution in [3.05, 3.63) is 79.0 Å². The molecule has 1 atom stereocenters. The number of fused-ring (bicyclic) bond motifs is 2. The Morgan fingerprint density at radius 1 is 0.881 bits per heavy atom. The van der Waals surface area contributed by atoms with Gasteiger partial charge in [-0.15, -0.1) is 0 Å². The van der Waals surface area contributed by atoms with Crippen LogP contribution < -0.4 is 21.7 Å². The molecule has 0 amide bonds. The summed E-state index contributed by atoms with van der Waals surface area (Å²) in [6.45, 7) is 18.6. The molecule has 2 aromatic rings. The van der Waals surface area contributed by atoms with Gasteiger partial charge in [0.05, 0.1) is 22.8 Å². The quantitative estimate of drug-likeness (QED) is 0.423. The number of aromatic nitrogens is 2. The number of aliphatic imine (C=N–C) groups is 2. The van der Waals surface area contributed by atoms with Gasteiger partial charge in [-0.3, -0.25) is 0 Å². The highest BCUT2D eigenvalue weighted by molar-refractivity contribution is 6.23. The molecule has 6 rings (SSSR count). The Morgan fingerprint density at radius 3 is 2.29 bits per heavy atom. The smallest absolute Gasteiger partial charge is 0.108 e. The number of hydrogen-bond donors (Lipinski definition) is 2. The van der Waals surface area contributed by atoms with E-state index < -0.39 is 0 Å². The Balaban J connectivity index is 0.000000972. The van der Waals surface area contributed by atoms with Gasteiger partial charge < -0.3 is 20.2 Å². The van der Waals surface area contributed by atoms with Gasteiger partial charge in [-0.1, -0.05) is 27.2 Å². The van der Waals surface area contributed by atoms with Crippen LogP contribution in [-0.4, -0.2) is 41.2 Å². The molecule has 6 heterocycles. The minimum atomic E-state index is 0.0862. The monoisotopic (exact) mass is 566 g/mol. The molecule has 1 unspecified atom stereocenters. The SMILES string of the molecule is CC.CCCC1=C(C)C2=NC1=Cc1c(CCCNC)c(C)c3n1C(C)n1c(cc(C)c1=C2)=CC1=NC(=C3)C(C)=C1.CN. The maximum Gasteiger partial charge on any atom is 0.108 e. The van der Waals surface area contributed by atoms with Gasteiger partial charge in [-0.25, -0.2) is 9.98 Å². The van der Waals surface area contributed by atoms with Crippen LogP contribution in [0.5, 0.6) is 0 Å². The lowest BCUT2D eigenvalue weighted by molar-refractivity contribution is 0.448. The molecular weight excluding hydrogens is 516 g/mol. The van der Waals surface area contributed by atoms with Crippen molar-refractivity contribution in [1.29, 1.82) is 0 Å². The van der Waals surface area contributed by atoms with Crippen LogP contribution in [0.1, 0.15) is 95.0 Å². The van der Waals surface area contributed by atoms with Crippen molar-refractivity contribution < 1.29 is 0 Å². The number of nitrogens with one attached hydrogen (secondary N) is 1. The van der Waals surface area contributed by atoms with Crippen LogP contribution >= 0.6 is 0 Å². The van der Waals surface area contributed by atoms with E-state index in [4.69, 9.17) is 9.98 Å². The summed E-state index contributed by atoms with van der Waals surface area (Å²) in [6, 6.07) is 2.31. The topological polar surface area (TPSA) is 72.6 Å². The fourth-order valence-electron chi connectivity index (χ4n) is 6.59. The largest absolute Gasteiger partial charge is 0.333 e. The zero-order chi connectivity index (χ0) is 30.7. The molecule has 0 fully saturated rings. The lowest BCUT2D eigenvalue weighted by atomic mass is 9.99. The third-order valence-corrected chi connectivity index (χ3v) is 8.59. The zero-order valence-corrected chi connectivity index (χ0v) is 27.4. The van der Waals surface area contributed by atoms with Gasteiger partial charge >= 0.3 is 0 Å². The van der Waals surface area contributed by atoms with Crippen molar-refractivity contribution in [2.24, 2.45) is 15.7 Å². The van der Waals surface area contributed by atoms with E-state index in [0.29, 0.717) is 0 Å². The van der Waals surface area contributed by atoms with Crippen molar-refractivity contribution in [2.75, 3.05) is 20.6 Å². The summed E-state index contributed by atoms with van der Waals surface area (Å²) in [7, 11) is 3.54. The Morgan fingerprint density at radius 2 is 1.60 bits per heavy atom. The van der Waals surface area contributed by atoms with Gasteiger partial charge in [-0.2, -0.15) is 0 Å². The Labute approximate surface area is 252 Å². The molecule has 4 aliphatic rings. The molecule has 0 saturated heterocycles. The van der Waals surface area contributed by atoms with E-state index in [1.165, 1.54) is 62.5 Å². The van der Waals surface area contributed by atoms with E-state index in [-0.39, 0.29) is 6.17 Å². The van der Waals surface area contributed by atoms with Crippen LogP contribution in [0.3, 0.4) is 0 Å². The highest BCUT2D eigenvalue weighted by Gasteiger charge is 2.28. The molecule has 224 valence electrons. The van der Waals surface area contributed by atoms with Crippen molar-refractivity contribution in [1.82, 2.24) is 14.5 Å². The van der Waals surface area contributed by atoms with Crippen molar-refractivity contribution in [3.8, 4) is 0 Å². The van der Waals surface area contributed by atoms with Crippen LogP contribution in [0.25, 0.3) is 24.3 Å². The molecule has 6 heteroatoms. The Bertz CT molecular complexity index is 1680. The third kappa shape index (κ3) is 5.38. The Hall–Kier alpha value is -3.48. The average molecular weight is 567 g/mol. The van der Waals surface area contributed by atoms with Gasteiger partial charge in [0.15, 0.2) is 0 Å². The van der Waals surface area contributed by atoms with Crippen LogP contribution in [0.4, 0.5) is 0 Å². The van der Waals surface area contributed by atoms with Gasteiger partial charge in [0, 0.05) is 22.1 Å². The summed E-state index contributed by atoms with van der Waals surface area (Å²) >= 11 is 0. The van der Waals surface area contributed by atoms with Crippen molar-refractivity contribution in [2.45, 2.75) is 87.2 Å².